The molecule has 2 atom stereocenters. The Kier molecular flexibility index (Phi) is 8.47. The number of amides is 1. The third-order valence-corrected chi connectivity index (χ3v) is 5.56. The lowest BCUT2D eigenvalue weighted by molar-refractivity contribution is 0.0995. The van der Waals surface area contributed by atoms with Crippen LogP contribution in [0.1, 0.15) is 35.4 Å². The second-order valence-corrected chi connectivity index (χ2v) is 7.68. The second-order valence-electron chi connectivity index (χ2n) is 7.68. The highest BCUT2D eigenvalue weighted by molar-refractivity contribution is 5.92. The fourth-order valence-electron chi connectivity index (χ4n) is 4.01. The molecule has 3 rings (SSSR count). The van der Waals surface area contributed by atoms with Gasteiger partial charge in [0.15, 0.2) is 0 Å². The van der Waals surface area contributed by atoms with Gasteiger partial charge < -0.3 is 15.1 Å². The lowest BCUT2D eigenvalue weighted by atomic mass is 10.2. The lowest BCUT2D eigenvalue weighted by Gasteiger charge is -2.27. The van der Waals surface area contributed by atoms with E-state index in [4.69, 9.17) is 0 Å². The van der Waals surface area contributed by atoms with E-state index in [1.54, 1.807) is 12.1 Å². The number of rotatable bonds is 3. The summed E-state index contributed by atoms with van der Waals surface area (Å²) in [6.07, 6.45) is 3.53. The van der Waals surface area contributed by atoms with Crippen LogP contribution >= 0.6 is 0 Å². The molecular weight excluding hydrogens is 356 g/mol. The van der Waals surface area contributed by atoms with Crippen molar-refractivity contribution in [3.63, 3.8) is 0 Å². The van der Waals surface area contributed by atoms with E-state index in [1.165, 1.54) is 19.4 Å². The van der Waals surface area contributed by atoms with Crippen molar-refractivity contribution < 1.29 is 4.79 Å². The number of nitrogens with one attached hydrogen (secondary N) is 1. The van der Waals surface area contributed by atoms with Gasteiger partial charge in [0, 0.05) is 37.9 Å². The van der Waals surface area contributed by atoms with Gasteiger partial charge in [0.1, 0.15) is 5.69 Å². The zero-order valence-corrected chi connectivity index (χ0v) is 16.7. The first kappa shape index (κ1) is 21.0. The molecule has 1 aromatic heterocycles. The van der Waals surface area contributed by atoms with Crippen LogP contribution in [0.25, 0.3) is 0 Å². The molecule has 8 heteroatoms. The zero-order valence-electron chi connectivity index (χ0n) is 16.7. The number of fused-ring (bicyclic) bond motifs is 4. The number of carbonyl (C=O) groups excluding carboxylic acids is 1. The summed E-state index contributed by atoms with van der Waals surface area (Å²) >= 11 is 0. The molecule has 2 bridgehead atoms. The highest BCUT2D eigenvalue weighted by Gasteiger charge is 2.16. The van der Waals surface area contributed by atoms with Gasteiger partial charge in [0.25, 0.3) is 0 Å². The smallest absolute Gasteiger partial charge is 0.315 e. The molecule has 0 radical (unpaired) electrons. The van der Waals surface area contributed by atoms with Crippen molar-refractivity contribution in [1.29, 1.82) is 0 Å². The average Bonchev–Trinajstić information content (AvgIpc) is 2.79. The summed E-state index contributed by atoms with van der Waals surface area (Å²) < 4.78 is 0. The number of nitroso groups, excluding NO2 is 1. The normalized spacial score (nSPS) is 25.6. The Bertz CT molecular complexity index is 641. The van der Waals surface area contributed by atoms with Crippen LogP contribution in [0.15, 0.2) is 23.4 Å². The molecule has 2 aliphatic heterocycles. The Hall–Kier alpha value is -1.74. The van der Waals surface area contributed by atoms with E-state index in [0.29, 0.717) is 6.54 Å². The fourth-order valence-corrected chi connectivity index (χ4v) is 4.01. The van der Waals surface area contributed by atoms with Gasteiger partial charge in [-0.05, 0) is 70.7 Å². The summed E-state index contributed by atoms with van der Waals surface area (Å²) in [5.74, 6) is -0.802. The number of carbonyl (C=O) groups is 1. The molecule has 2 fully saturated rings. The SMILES string of the molecule is O=NC(=O)c1cccc(CN2CCCN3CCCN(CCCNCC3)CC2)n1. The summed E-state index contributed by atoms with van der Waals surface area (Å²) in [6.45, 7) is 11.6. The van der Waals surface area contributed by atoms with Crippen molar-refractivity contribution in [3.8, 4) is 0 Å². The summed E-state index contributed by atoms with van der Waals surface area (Å²) in [7, 11) is 0. The predicted octanol–water partition coefficient (Wildman–Crippen LogP) is 1.18. The number of hydrogen-bond donors (Lipinski definition) is 1. The van der Waals surface area contributed by atoms with Gasteiger partial charge in [-0.2, -0.15) is 0 Å². The number of hydrogen-bond acceptors (Lipinski definition) is 7. The van der Waals surface area contributed by atoms with E-state index in [1.807, 2.05) is 6.07 Å². The van der Waals surface area contributed by atoms with Crippen molar-refractivity contribution in [2.24, 2.45) is 5.18 Å². The van der Waals surface area contributed by atoms with Crippen LogP contribution in [-0.2, 0) is 6.54 Å². The van der Waals surface area contributed by atoms with Crippen molar-refractivity contribution >= 4 is 5.91 Å². The van der Waals surface area contributed by atoms with Crippen LogP contribution in [0.5, 0.6) is 0 Å². The highest BCUT2D eigenvalue weighted by atomic mass is 16.3. The minimum absolute atomic E-state index is 0.132. The number of nitrogens with zero attached hydrogens (tertiary/aromatic N) is 5. The first-order valence-electron chi connectivity index (χ1n) is 10.5. The molecule has 2 saturated heterocycles. The molecule has 1 aromatic rings. The Balaban J connectivity index is 1.67. The maximum atomic E-state index is 11.5. The van der Waals surface area contributed by atoms with Gasteiger partial charge in [0.05, 0.1) is 5.69 Å². The van der Waals surface area contributed by atoms with Crippen molar-refractivity contribution in [3.05, 3.63) is 34.5 Å². The lowest BCUT2D eigenvalue weighted by Crippen LogP contribution is -2.38. The molecule has 0 aromatic carbocycles. The second kappa shape index (κ2) is 11.3. The number of pyridine rings is 1. The van der Waals surface area contributed by atoms with E-state index >= 15 is 0 Å². The third-order valence-electron chi connectivity index (χ3n) is 5.56. The van der Waals surface area contributed by atoms with Crippen LogP contribution in [-0.4, -0.2) is 91.0 Å². The molecule has 8 nitrogen and oxygen atoms in total. The summed E-state index contributed by atoms with van der Waals surface area (Å²) in [4.78, 5) is 34.0. The standard InChI is InChI=1S/C20H32N6O2/c27-20(23-28)19-6-1-5-18(22-19)17-26-13-4-11-24-10-3-12-25(15-16-26)9-2-7-21-8-14-24/h1,5-6,21H,2-4,7-17H2. The Morgan fingerprint density at radius 3 is 2.50 bits per heavy atom. The maximum absolute atomic E-state index is 11.5. The van der Waals surface area contributed by atoms with Crippen LogP contribution in [0.3, 0.4) is 0 Å². The quantitative estimate of drug-likeness (QED) is 0.779. The monoisotopic (exact) mass is 388 g/mol. The minimum Gasteiger partial charge on any atom is -0.315 e. The Morgan fingerprint density at radius 2 is 1.68 bits per heavy atom. The molecule has 0 saturated carbocycles. The first-order valence-corrected chi connectivity index (χ1v) is 10.5. The van der Waals surface area contributed by atoms with Gasteiger partial charge in [-0.25, -0.2) is 4.98 Å². The largest absolute Gasteiger partial charge is 0.334 e. The van der Waals surface area contributed by atoms with Crippen LogP contribution < -0.4 is 5.32 Å². The molecule has 28 heavy (non-hydrogen) atoms. The minimum atomic E-state index is -0.802. The van der Waals surface area contributed by atoms with Gasteiger partial charge >= 0.3 is 5.91 Å². The third kappa shape index (κ3) is 6.70. The molecule has 1 amide bonds. The molecule has 0 aliphatic carbocycles. The van der Waals surface area contributed by atoms with Crippen LogP contribution in [0.4, 0.5) is 0 Å². The van der Waals surface area contributed by atoms with Gasteiger partial charge in [-0.1, -0.05) is 6.07 Å². The molecule has 3 heterocycles. The summed E-state index contributed by atoms with van der Waals surface area (Å²) in [5, 5.41) is 6.05. The number of aromatic nitrogens is 1. The Labute approximate surface area is 167 Å². The van der Waals surface area contributed by atoms with Crippen LogP contribution in [0.2, 0.25) is 0 Å². The van der Waals surface area contributed by atoms with Gasteiger partial charge in [0.2, 0.25) is 0 Å². The zero-order chi connectivity index (χ0) is 19.6. The van der Waals surface area contributed by atoms with E-state index < -0.39 is 5.91 Å². The average molecular weight is 389 g/mol. The van der Waals surface area contributed by atoms with Crippen molar-refractivity contribution in [2.45, 2.75) is 25.8 Å². The maximum Gasteiger partial charge on any atom is 0.334 e. The van der Waals surface area contributed by atoms with E-state index in [-0.39, 0.29) is 5.69 Å². The first-order chi connectivity index (χ1) is 13.7. The van der Waals surface area contributed by atoms with E-state index in [9.17, 15) is 9.70 Å². The molecular formula is C20H32N6O2. The highest BCUT2D eigenvalue weighted by Crippen LogP contribution is 2.09. The molecule has 0 spiro atoms. The molecule has 2 unspecified atom stereocenters. The van der Waals surface area contributed by atoms with Gasteiger partial charge in [-0.15, -0.1) is 4.91 Å². The molecule has 154 valence electrons. The van der Waals surface area contributed by atoms with Gasteiger partial charge in [-0.3, -0.25) is 9.69 Å². The molecule has 2 aliphatic rings. The van der Waals surface area contributed by atoms with E-state index in [0.717, 1.165) is 71.0 Å². The topological polar surface area (TPSA) is 81.1 Å². The van der Waals surface area contributed by atoms with Crippen molar-refractivity contribution in [1.82, 2.24) is 25.0 Å². The van der Waals surface area contributed by atoms with Crippen LogP contribution in [0, 0.1) is 4.91 Å². The predicted molar refractivity (Wildman–Crippen MR) is 109 cm³/mol. The fraction of sp³-hybridized carbons (Fsp3) is 0.700. The molecule has 1 N–H and O–H groups in total. The summed E-state index contributed by atoms with van der Waals surface area (Å²) in [6, 6.07) is 5.24. The van der Waals surface area contributed by atoms with Crippen molar-refractivity contribution in [2.75, 3.05) is 65.4 Å². The van der Waals surface area contributed by atoms with E-state index in [2.05, 4.69) is 30.2 Å². The summed E-state index contributed by atoms with van der Waals surface area (Å²) in [5.41, 5.74) is 0.950. The Morgan fingerprint density at radius 1 is 0.929 bits per heavy atom.